The molecule has 0 aromatic heterocycles. The molecular formula is C19H20FN3O3S. The second-order valence-electron chi connectivity index (χ2n) is 5.98. The highest BCUT2D eigenvalue weighted by Crippen LogP contribution is 2.18. The van der Waals surface area contributed by atoms with Gasteiger partial charge in [-0.2, -0.15) is 0 Å². The number of hydrogen-bond donors (Lipinski definition) is 3. The van der Waals surface area contributed by atoms with Gasteiger partial charge in [0.2, 0.25) is 0 Å². The standard InChI is InChI=1S/C19H20FN3O3S/c1-12(2)13-5-9-16(10-6-13)26-11-17(24)22-23-19(27)21-18(25)14-3-7-15(20)8-4-14/h3-10,12H,11H2,1-2H3,(H,22,24)(H2,21,23,25,27). The number of carbonyl (C=O) groups is 2. The van der Waals surface area contributed by atoms with E-state index >= 15 is 0 Å². The summed E-state index contributed by atoms with van der Waals surface area (Å²) in [7, 11) is 0. The summed E-state index contributed by atoms with van der Waals surface area (Å²) < 4.78 is 18.2. The average molecular weight is 389 g/mol. The Hall–Kier alpha value is -3.00. The summed E-state index contributed by atoms with van der Waals surface area (Å²) in [6.45, 7) is 3.96. The van der Waals surface area contributed by atoms with Crippen molar-refractivity contribution in [1.29, 1.82) is 0 Å². The quantitative estimate of drug-likeness (QED) is 0.541. The highest BCUT2D eigenvalue weighted by atomic mass is 32.1. The van der Waals surface area contributed by atoms with Gasteiger partial charge in [-0.1, -0.05) is 26.0 Å². The Morgan fingerprint density at radius 1 is 1.04 bits per heavy atom. The van der Waals surface area contributed by atoms with Gasteiger partial charge in [0.15, 0.2) is 11.7 Å². The molecule has 2 rings (SSSR count). The number of hydrazine groups is 1. The topological polar surface area (TPSA) is 79.5 Å². The van der Waals surface area contributed by atoms with E-state index in [0.717, 1.165) is 12.1 Å². The van der Waals surface area contributed by atoms with Gasteiger partial charge in [-0.05, 0) is 60.1 Å². The van der Waals surface area contributed by atoms with E-state index in [0.29, 0.717) is 11.7 Å². The molecule has 0 atom stereocenters. The summed E-state index contributed by atoms with van der Waals surface area (Å²) in [5.41, 5.74) is 6.13. The molecule has 0 radical (unpaired) electrons. The minimum atomic E-state index is -0.525. The van der Waals surface area contributed by atoms with Crippen LogP contribution in [0.3, 0.4) is 0 Å². The summed E-state index contributed by atoms with van der Waals surface area (Å²) in [6, 6.07) is 12.4. The molecule has 142 valence electrons. The Morgan fingerprint density at radius 3 is 2.26 bits per heavy atom. The molecule has 0 aliphatic rings. The summed E-state index contributed by atoms with van der Waals surface area (Å²) in [6.07, 6.45) is 0. The first-order valence-electron chi connectivity index (χ1n) is 8.23. The Kier molecular flexibility index (Phi) is 7.25. The molecule has 0 aliphatic heterocycles. The van der Waals surface area contributed by atoms with Crippen molar-refractivity contribution in [2.24, 2.45) is 0 Å². The van der Waals surface area contributed by atoms with Crippen molar-refractivity contribution in [1.82, 2.24) is 16.2 Å². The number of hydrogen-bond acceptors (Lipinski definition) is 4. The molecule has 3 N–H and O–H groups in total. The minimum Gasteiger partial charge on any atom is -0.484 e. The van der Waals surface area contributed by atoms with Crippen molar-refractivity contribution in [3.05, 3.63) is 65.5 Å². The summed E-state index contributed by atoms with van der Waals surface area (Å²) >= 11 is 4.92. The number of benzene rings is 2. The van der Waals surface area contributed by atoms with Crippen LogP contribution < -0.4 is 20.9 Å². The van der Waals surface area contributed by atoms with Crippen molar-refractivity contribution in [2.75, 3.05) is 6.61 Å². The van der Waals surface area contributed by atoms with E-state index in [-0.39, 0.29) is 17.3 Å². The largest absolute Gasteiger partial charge is 0.484 e. The van der Waals surface area contributed by atoms with Gasteiger partial charge >= 0.3 is 0 Å². The van der Waals surface area contributed by atoms with Crippen LogP contribution in [0.2, 0.25) is 0 Å². The zero-order valence-corrected chi connectivity index (χ0v) is 15.7. The lowest BCUT2D eigenvalue weighted by Gasteiger charge is -2.12. The maximum Gasteiger partial charge on any atom is 0.276 e. The van der Waals surface area contributed by atoms with Crippen molar-refractivity contribution < 1.29 is 18.7 Å². The van der Waals surface area contributed by atoms with Crippen molar-refractivity contribution >= 4 is 29.1 Å². The fourth-order valence-electron chi connectivity index (χ4n) is 2.07. The highest BCUT2D eigenvalue weighted by molar-refractivity contribution is 7.80. The summed E-state index contributed by atoms with van der Waals surface area (Å²) in [5.74, 6) is -0.456. The first kappa shape index (κ1) is 20.3. The van der Waals surface area contributed by atoms with Crippen LogP contribution in [0.1, 0.15) is 35.7 Å². The van der Waals surface area contributed by atoms with E-state index in [1.807, 2.05) is 12.1 Å². The maximum atomic E-state index is 12.8. The Bertz CT molecular complexity index is 808. The van der Waals surface area contributed by atoms with Crippen LogP contribution in [0.15, 0.2) is 48.5 Å². The number of nitrogens with one attached hydrogen (secondary N) is 3. The predicted octanol–water partition coefficient (Wildman–Crippen LogP) is 2.66. The van der Waals surface area contributed by atoms with Gasteiger partial charge in [-0.3, -0.25) is 25.8 Å². The molecule has 2 aromatic rings. The van der Waals surface area contributed by atoms with Crippen LogP contribution in [0.25, 0.3) is 0 Å². The monoisotopic (exact) mass is 389 g/mol. The Labute approximate surface area is 162 Å². The third-order valence-electron chi connectivity index (χ3n) is 3.57. The smallest absolute Gasteiger partial charge is 0.276 e. The van der Waals surface area contributed by atoms with Gasteiger partial charge in [-0.15, -0.1) is 0 Å². The van der Waals surface area contributed by atoms with Crippen LogP contribution in [0.5, 0.6) is 5.75 Å². The molecule has 6 nitrogen and oxygen atoms in total. The number of carbonyl (C=O) groups excluding carboxylic acids is 2. The number of thiocarbonyl (C=S) groups is 1. The minimum absolute atomic E-state index is 0.0982. The van der Waals surface area contributed by atoms with Crippen molar-refractivity contribution in [2.45, 2.75) is 19.8 Å². The van der Waals surface area contributed by atoms with E-state index < -0.39 is 17.6 Å². The molecule has 0 bridgehead atoms. The van der Waals surface area contributed by atoms with Gasteiger partial charge in [0.05, 0.1) is 0 Å². The molecular weight excluding hydrogens is 369 g/mol. The number of amides is 2. The molecule has 2 amide bonds. The summed E-state index contributed by atoms with van der Waals surface area (Å²) in [4.78, 5) is 23.7. The van der Waals surface area contributed by atoms with E-state index in [4.69, 9.17) is 17.0 Å². The van der Waals surface area contributed by atoms with Gasteiger partial charge in [0.25, 0.3) is 11.8 Å². The Morgan fingerprint density at radius 2 is 1.67 bits per heavy atom. The molecule has 0 unspecified atom stereocenters. The number of rotatable bonds is 5. The van der Waals surface area contributed by atoms with Gasteiger partial charge < -0.3 is 4.74 Å². The van der Waals surface area contributed by atoms with E-state index in [9.17, 15) is 14.0 Å². The zero-order chi connectivity index (χ0) is 19.8. The van der Waals surface area contributed by atoms with E-state index in [2.05, 4.69) is 30.0 Å². The molecule has 8 heteroatoms. The lowest BCUT2D eigenvalue weighted by molar-refractivity contribution is -0.123. The predicted molar refractivity (Wildman–Crippen MR) is 104 cm³/mol. The normalized spacial score (nSPS) is 10.2. The molecule has 2 aromatic carbocycles. The molecule has 0 saturated heterocycles. The first-order chi connectivity index (χ1) is 12.8. The second kappa shape index (κ2) is 9.63. The molecule has 27 heavy (non-hydrogen) atoms. The van der Waals surface area contributed by atoms with Crippen LogP contribution in [-0.2, 0) is 4.79 Å². The molecule has 0 spiro atoms. The molecule has 0 heterocycles. The second-order valence-corrected chi connectivity index (χ2v) is 6.38. The Balaban J connectivity index is 1.72. The lowest BCUT2D eigenvalue weighted by atomic mass is 10.0. The molecule has 0 aliphatic carbocycles. The maximum absolute atomic E-state index is 12.8. The van der Waals surface area contributed by atoms with Crippen molar-refractivity contribution in [3.8, 4) is 5.75 Å². The number of halogens is 1. The summed E-state index contributed by atoms with van der Waals surface area (Å²) in [5, 5.41) is 2.27. The van der Waals surface area contributed by atoms with Gasteiger partial charge in [0.1, 0.15) is 11.6 Å². The fourth-order valence-corrected chi connectivity index (χ4v) is 2.21. The van der Waals surface area contributed by atoms with Crippen LogP contribution in [-0.4, -0.2) is 23.5 Å². The van der Waals surface area contributed by atoms with Crippen LogP contribution in [0.4, 0.5) is 4.39 Å². The highest BCUT2D eigenvalue weighted by Gasteiger charge is 2.09. The van der Waals surface area contributed by atoms with Crippen LogP contribution in [0, 0.1) is 5.82 Å². The lowest BCUT2D eigenvalue weighted by Crippen LogP contribution is -2.49. The third-order valence-corrected chi connectivity index (χ3v) is 3.77. The van der Waals surface area contributed by atoms with Gasteiger partial charge in [-0.25, -0.2) is 4.39 Å². The molecule has 0 fully saturated rings. The van der Waals surface area contributed by atoms with Gasteiger partial charge in [0, 0.05) is 5.56 Å². The third kappa shape index (κ3) is 6.67. The van der Waals surface area contributed by atoms with E-state index in [1.54, 1.807) is 12.1 Å². The SMILES string of the molecule is CC(C)c1ccc(OCC(=O)NNC(=S)NC(=O)c2ccc(F)cc2)cc1. The fraction of sp³-hybridized carbons (Fsp3) is 0.211. The van der Waals surface area contributed by atoms with Crippen molar-refractivity contribution in [3.63, 3.8) is 0 Å². The number of ether oxygens (including phenoxy) is 1. The van der Waals surface area contributed by atoms with E-state index in [1.165, 1.54) is 17.7 Å². The average Bonchev–Trinajstić information content (AvgIpc) is 2.65. The first-order valence-corrected chi connectivity index (χ1v) is 8.64. The van der Waals surface area contributed by atoms with Crippen LogP contribution >= 0.6 is 12.2 Å². The molecule has 0 saturated carbocycles. The zero-order valence-electron chi connectivity index (χ0n) is 14.9.